The van der Waals surface area contributed by atoms with Gasteiger partial charge < -0.3 is 4.74 Å². The third-order valence-corrected chi connectivity index (χ3v) is 6.67. The van der Waals surface area contributed by atoms with E-state index in [4.69, 9.17) is 4.74 Å². The van der Waals surface area contributed by atoms with Gasteiger partial charge in [0.15, 0.2) is 0 Å². The molecule has 2 aromatic carbocycles. The van der Waals surface area contributed by atoms with E-state index < -0.39 is 15.7 Å². The molecule has 0 saturated carbocycles. The topological polar surface area (TPSA) is 122 Å². The van der Waals surface area contributed by atoms with Crippen LogP contribution < -0.4 is 10.1 Å². The molecular formula is C22H20N4O4S2. The predicted molar refractivity (Wildman–Crippen MR) is 122 cm³/mol. The summed E-state index contributed by atoms with van der Waals surface area (Å²) in [6, 6.07) is 18.6. The van der Waals surface area contributed by atoms with Crippen LogP contribution in [0.4, 0.5) is 5.13 Å². The number of hydrogen-bond acceptors (Lipinski definition) is 8. The maximum absolute atomic E-state index is 12.4. The zero-order valence-electron chi connectivity index (χ0n) is 17.3. The summed E-state index contributed by atoms with van der Waals surface area (Å²) < 4.78 is 33.3. The zero-order valence-corrected chi connectivity index (χ0v) is 19.0. The van der Waals surface area contributed by atoms with Crippen LogP contribution in [0.15, 0.2) is 65.3 Å². The van der Waals surface area contributed by atoms with E-state index in [0.29, 0.717) is 11.3 Å². The monoisotopic (exact) mass is 468 g/mol. The largest absolute Gasteiger partial charge is 0.486 e. The van der Waals surface area contributed by atoms with Crippen molar-refractivity contribution in [2.24, 2.45) is 0 Å². The number of nitriles is 1. The van der Waals surface area contributed by atoms with Gasteiger partial charge >= 0.3 is 0 Å². The molecule has 0 aliphatic carbocycles. The minimum absolute atomic E-state index is 0.00169. The fourth-order valence-electron chi connectivity index (χ4n) is 2.63. The normalized spacial score (nSPS) is 12.6. The van der Waals surface area contributed by atoms with Gasteiger partial charge in [0.25, 0.3) is 11.1 Å². The Balaban J connectivity index is 1.68. The molecule has 1 heterocycles. The first-order valence-corrected chi connectivity index (χ1v) is 12.1. The van der Waals surface area contributed by atoms with Gasteiger partial charge in [-0.3, -0.25) is 10.1 Å². The molecule has 1 aromatic heterocycles. The van der Waals surface area contributed by atoms with Crippen LogP contribution in [0.2, 0.25) is 0 Å². The maximum atomic E-state index is 12.4. The summed E-state index contributed by atoms with van der Waals surface area (Å²) in [7, 11) is -3.57. The van der Waals surface area contributed by atoms with E-state index in [1.807, 2.05) is 43.3 Å². The SMILES string of the molecule is CCS(=O)(=O)c1nsc(NC(=O)/C(C#N)=C\c2ccc(OC(C)c3ccccc3)cc2)n1. The van der Waals surface area contributed by atoms with Crippen molar-refractivity contribution in [3.05, 3.63) is 71.3 Å². The number of anilines is 1. The van der Waals surface area contributed by atoms with Crippen molar-refractivity contribution in [1.29, 1.82) is 5.26 Å². The molecule has 0 bridgehead atoms. The molecule has 1 N–H and O–H groups in total. The number of benzene rings is 2. The molecule has 3 rings (SSSR count). The highest BCUT2D eigenvalue weighted by atomic mass is 32.2. The van der Waals surface area contributed by atoms with Gasteiger partial charge in [-0.1, -0.05) is 49.4 Å². The quantitative estimate of drug-likeness (QED) is 0.391. The predicted octanol–water partition coefficient (Wildman–Crippen LogP) is 4.02. The van der Waals surface area contributed by atoms with Crippen molar-refractivity contribution >= 4 is 38.5 Å². The fraction of sp³-hybridized carbons (Fsp3) is 0.182. The second-order valence-electron chi connectivity index (χ2n) is 6.65. The number of aromatic nitrogens is 2. The smallest absolute Gasteiger partial charge is 0.268 e. The molecule has 1 amide bonds. The number of nitrogens with zero attached hydrogens (tertiary/aromatic N) is 3. The van der Waals surface area contributed by atoms with Gasteiger partial charge in [-0.15, -0.1) is 0 Å². The summed E-state index contributed by atoms with van der Waals surface area (Å²) in [4.78, 5) is 16.2. The summed E-state index contributed by atoms with van der Waals surface area (Å²) in [5, 5.41) is 11.4. The highest BCUT2D eigenvalue weighted by molar-refractivity contribution is 7.91. The number of ether oxygens (including phenoxy) is 1. The molecule has 8 nitrogen and oxygen atoms in total. The molecule has 0 radical (unpaired) electrons. The van der Waals surface area contributed by atoms with Crippen LogP contribution in [0.25, 0.3) is 6.08 Å². The van der Waals surface area contributed by atoms with Crippen molar-refractivity contribution in [2.75, 3.05) is 11.1 Å². The van der Waals surface area contributed by atoms with Gasteiger partial charge in [0.05, 0.1) is 5.75 Å². The lowest BCUT2D eigenvalue weighted by Crippen LogP contribution is -2.13. The molecule has 164 valence electrons. The van der Waals surface area contributed by atoms with Crippen LogP contribution in [-0.4, -0.2) is 29.4 Å². The van der Waals surface area contributed by atoms with Crippen LogP contribution in [0.5, 0.6) is 5.75 Å². The molecular weight excluding hydrogens is 448 g/mol. The third kappa shape index (κ3) is 5.78. The average molecular weight is 469 g/mol. The van der Waals surface area contributed by atoms with Gasteiger partial charge in [-0.25, -0.2) is 8.42 Å². The Morgan fingerprint density at radius 1 is 1.22 bits per heavy atom. The van der Waals surface area contributed by atoms with Crippen molar-refractivity contribution in [1.82, 2.24) is 9.36 Å². The molecule has 0 saturated heterocycles. The lowest BCUT2D eigenvalue weighted by Gasteiger charge is -2.15. The Morgan fingerprint density at radius 2 is 1.91 bits per heavy atom. The van der Waals surface area contributed by atoms with Crippen LogP contribution in [0.3, 0.4) is 0 Å². The van der Waals surface area contributed by atoms with Crippen molar-refractivity contribution in [2.45, 2.75) is 25.1 Å². The molecule has 1 unspecified atom stereocenters. The van der Waals surface area contributed by atoms with E-state index in [2.05, 4.69) is 14.7 Å². The summed E-state index contributed by atoms with van der Waals surface area (Å²) in [5.74, 6) is -0.202. The number of carbonyl (C=O) groups is 1. The molecule has 0 aliphatic heterocycles. The van der Waals surface area contributed by atoms with E-state index in [1.54, 1.807) is 24.3 Å². The Labute approximate surface area is 190 Å². The Hall–Kier alpha value is -3.55. The molecule has 0 fully saturated rings. The van der Waals surface area contributed by atoms with Gasteiger partial charge in [0.1, 0.15) is 23.5 Å². The lowest BCUT2D eigenvalue weighted by molar-refractivity contribution is -0.112. The number of carbonyl (C=O) groups excluding carboxylic acids is 1. The van der Waals surface area contributed by atoms with Gasteiger partial charge in [-0.05, 0) is 36.3 Å². The highest BCUT2D eigenvalue weighted by Gasteiger charge is 2.20. The molecule has 10 heteroatoms. The van der Waals surface area contributed by atoms with Crippen LogP contribution in [0.1, 0.15) is 31.1 Å². The summed E-state index contributed by atoms with van der Waals surface area (Å²) in [5.41, 5.74) is 1.51. The first-order valence-electron chi connectivity index (χ1n) is 9.63. The van der Waals surface area contributed by atoms with Crippen molar-refractivity contribution in [3.63, 3.8) is 0 Å². The molecule has 32 heavy (non-hydrogen) atoms. The Bertz CT molecular complexity index is 1260. The number of hydrogen-bond donors (Lipinski definition) is 1. The number of nitrogens with one attached hydrogen (secondary N) is 1. The molecule has 3 aromatic rings. The van der Waals surface area contributed by atoms with E-state index in [-0.39, 0.29) is 27.7 Å². The van der Waals surface area contributed by atoms with E-state index in [0.717, 1.165) is 17.1 Å². The van der Waals surface area contributed by atoms with E-state index in [9.17, 15) is 18.5 Å². The molecule has 0 aliphatic rings. The first-order chi connectivity index (χ1) is 15.3. The minimum atomic E-state index is -3.57. The minimum Gasteiger partial charge on any atom is -0.486 e. The number of rotatable bonds is 8. The molecule has 0 spiro atoms. The second kappa shape index (κ2) is 10.2. The molecule has 1 atom stereocenters. The first kappa shape index (κ1) is 23.1. The third-order valence-electron chi connectivity index (χ3n) is 4.42. The average Bonchev–Trinajstić information content (AvgIpc) is 3.28. The van der Waals surface area contributed by atoms with Crippen LogP contribution in [0, 0.1) is 11.3 Å². The van der Waals surface area contributed by atoms with E-state index >= 15 is 0 Å². The highest BCUT2D eigenvalue weighted by Crippen LogP contribution is 2.23. The summed E-state index contributed by atoms with van der Waals surface area (Å²) >= 11 is 0.735. The van der Waals surface area contributed by atoms with Gasteiger partial charge in [0, 0.05) is 11.5 Å². The second-order valence-corrected chi connectivity index (χ2v) is 9.57. The number of amides is 1. The fourth-order valence-corrected chi connectivity index (χ4v) is 4.22. The standard InChI is InChI=1S/C22H20N4O4S2/c1-3-32(28,29)22-25-21(31-26-22)24-20(27)18(14-23)13-16-9-11-19(12-10-16)30-15(2)17-7-5-4-6-8-17/h4-13,15H,3H2,1-2H3,(H,24,25,26,27)/b18-13-. The maximum Gasteiger partial charge on any atom is 0.268 e. The van der Waals surface area contributed by atoms with Crippen molar-refractivity contribution in [3.8, 4) is 11.8 Å². The Kier molecular flexibility index (Phi) is 7.35. The summed E-state index contributed by atoms with van der Waals surface area (Å²) in [6.07, 6.45) is 1.29. The Morgan fingerprint density at radius 3 is 2.53 bits per heavy atom. The summed E-state index contributed by atoms with van der Waals surface area (Å²) in [6.45, 7) is 3.43. The van der Waals surface area contributed by atoms with Crippen LogP contribution in [-0.2, 0) is 14.6 Å². The lowest BCUT2D eigenvalue weighted by atomic mass is 10.1. The van der Waals surface area contributed by atoms with Crippen LogP contribution >= 0.6 is 11.5 Å². The van der Waals surface area contributed by atoms with Crippen molar-refractivity contribution < 1.29 is 17.9 Å². The van der Waals surface area contributed by atoms with E-state index in [1.165, 1.54) is 13.0 Å². The van der Waals surface area contributed by atoms with Gasteiger partial charge in [-0.2, -0.15) is 14.6 Å². The zero-order chi connectivity index (χ0) is 23.1. The van der Waals surface area contributed by atoms with Gasteiger partial charge in [0.2, 0.25) is 15.0 Å². The number of sulfone groups is 1.